The highest BCUT2D eigenvalue weighted by molar-refractivity contribution is 6.12. The summed E-state index contributed by atoms with van der Waals surface area (Å²) in [5, 5.41) is 16.7. The lowest BCUT2D eigenvalue weighted by atomic mass is 10.1. The van der Waals surface area contributed by atoms with Crippen LogP contribution in [-0.2, 0) is 7.05 Å². The lowest BCUT2D eigenvalue weighted by molar-refractivity contribution is 0.102. The molecule has 1 aromatic carbocycles. The first-order valence-corrected chi connectivity index (χ1v) is 6.70. The van der Waals surface area contributed by atoms with Crippen molar-refractivity contribution in [1.29, 1.82) is 5.26 Å². The average Bonchev–Trinajstić information content (AvgIpc) is 2.88. The van der Waals surface area contributed by atoms with E-state index in [1.807, 2.05) is 6.92 Å². The van der Waals surface area contributed by atoms with Gasteiger partial charge in [-0.05, 0) is 25.1 Å². The molecule has 3 aromatic rings. The van der Waals surface area contributed by atoms with Crippen molar-refractivity contribution >= 4 is 22.6 Å². The van der Waals surface area contributed by atoms with Crippen LogP contribution in [0.15, 0.2) is 36.5 Å². The molecule has 0 aliphatic heterocycles. The molecule has 0 bridgehead atoms. The van der Waals surface area contributed by atoms with Gasteiger partial charge in [0.1, 0.15) is 6.07 Å². The Morgan fingerprint density at radius 2 is 2.14 bits per heavy atom. The van der Waals surface area contributed by atoms with Crippen LogP contribution in [0.1, 0.15) is 21.6 Å². The number of anilines is 1. The summed E-state index contributed by atoms with van der Waals surface area (Å²) < 4.78 is 1.63. The molecule has 1 N–H and O–H groups in total. The van der Waals surface area contributed by atoms with Crippen LogP contribution in [0.2, 0.25) is 0 Å². The first-order valence-electron chi connectivity index (χ1n) is 6.70. The van der Waals surface area contributed by atoms with E-state index >= 15 is 0 Å². The topological polar surface area (TPSA) is 83.6 Å². The first-order chi connectivity index (χ1) is 10.6. The van der Waals surface area contributed by atoms with Gasteiger partial charge < -0.3 is 5.32 Å². The van der Waals surface area contributed by atoms with Gasteiger partial charge in [-0.1, -0.05) is 12.1 Å². The number of carbonyl (C=O) groups excluding carboxylic acids is 1. The molecule has 2 aromatic heterocycles. The van der Waals surface area contributed by atoms with Crippen LogP contribution < -0.4 is 5.32 Å². The van der Waals surface area contributed by atoms with Crippen molar-refractivity contribution in [3.63, 3.8) is 0 Å². The van der Waals surface area contributed by atoms with E-state index in [9.17, 15) is 4.79 Å². The molecular weight excluding hydrogens is 278 g/mol. The molecule has 0 aliphatic carbocycles. The third-order valence-corrected chi connectivity index (χ3v) is 3.37. The predicted molar refractivity (Wildman–Crippen MR) is 82.4 cm³/mol. The predicted octanol–water partition coefficient (Wildman–Crippen LogP) is 2.40. The fraction of sp³-hybridized carbons (Fsp3) is 0.125. The summed E-state index contributed by atoms with van der Waals surface area (Å²) in [5.74, 6) is -0.286. The SMILES string of the molecule is Cc1cc(C(=O)Nc2ccccc2C#N)c2cnn(C)c2n1. The van der Waals surface area contributed by atoms with E-state index in [2.05, 4.69) is 21.5 Å². The third kappa shape index (κ3) is 2.29. The van der Waals surface area contributed by atoms with Crippen molar-refractivity contribution in [2.24, 2.45) is 7.05 Å². The Kier molecular flexibility index (Phi) is 3.31. The summed E-state index contributed by atoms with van der Waals surface area (Å²) in [6, 6.07) is 10.7. The van der Waals surface area contributed by atoms with Crippen molar-refractivity contribution in [3.05, 3.63) is 53.3 Å². The number of nitrogens with zero attached hydrogens (tertiary/aromatic N) is 4. The second-order valence-electron chi connectivity index (χ2n) is 4.93. The molecule has 0 atom stereocenters. The van der Waals surface area contributed by atoms with E-state index in [1.54, 1.807) is 48.3 Å². The van der Waals surface area contributed by atoms with Crippen LogP contribution in [0.5, 0.6) is 0 Å². The summed E-state index contributed by atoms with van der Waals surface area (Å²) in [7, 11) is 1.78. The highest BCUT2D eigenvalue weighted by Crippen LogP contribution is 2.20. The molecule has 0 fully saturated rings. The van der Waals surface area contributed by atoms with Gasteiger partial charge >= 0.3 is 0 Å². The molecule has 2 heterocycles. The largest absolute Gasteiger partial charge is 0.321 e. The number of amides is 1. The molecule has 6 heteroatoms. The van der Waals surface area contributed by atoms with Crippen LogP contribution in [0.4, 0.5) is 5.69 Å². The van der Waals surface area contributed by atoms with Gasteiger partial charge in [0, 0.05) is 12.7 Å². The normalized spacial score (nSPS) is 10.4. The number of fused-ring (bicyclic) bond motifs is 1. The Morgan fingerprint density at radius 1 is 1.36 bits per heavy atom. The Bertz CT molecular complexity index is 920. The maximum absolute atomic E-state index is 12.6. The summed E-state index contributed by atoms with van der Waals surface area (Å²) in [4.78, 5) is 17.0. The number of hydrogen-bond acceptors (Lipinski definition) is 4. The number of carbonyl (C=O) groups is 1. The zero-order chi connectivity index (χ0) is 15.7. The lowest BCUT2D eigenvalue weighted by Crippen LogP contribution is -2.14. The molecule has 0 saturated carbocycles. The molecule has 108 valence electrons. The third-order valence-electron chi connectivity index (χ3n) is 3.37. The molecule has 0 unspecified atom stereocenters. The lowest BCUT2D eigenvalue weighted by Gasteiger charge is -2.08. The number of pyridine rings is 1. The van der Waals surface area contributed by atoms with Crippen molar-refractivity contribution in [2.45, 2.75) is 6.92 Å². The minimum atomic E-state index is -0.286. The zero-order valence-corrected chi connectivity index (χ0v) is 12.2. The molecule has 6 nitrogen and oxygen atoms in total. The van der Waals surface area contributed by atoms with E-state index in [1.165, 1.54) is 0 Å². The second kappa shape index (κ2) is 5.30. The van der Waals surface area contributed by atoms with Gasteiger partial charge in [-0.3, -0.25) is 9.48 Å². The fourth-order valence-corrected chi connectivity index (χ4v) is 2.31. The van der Waals surface area contributed by atoms with E-state index in [-0.39, 0.29) is 5.91 Å². The van der Waals surface area contributed by atoms with Crippen LogP contribution in [0, 0.1) is 18.3 Å². The highest BCUT2D eigenvalue weighted by Gasteiger charge is 2.15. The fourth-order valence-electron chi connectivity index (χ4n) is 2.31. The summed E-state index contributed by atoms with van der Waals surface area (Å²) >= 11 is 0. The maximum Gasteiger partial charge on any atom is 0.256 e. The molecular formula is C16H13N5O. The number of nitriles is 1. The molecule has 22 heavy (non-hydrogen) atoms. The van der Waals surface area contributed by atoms with Gasteiger partial charge in [-0.2, -0.15) is 10.4 Å². The van der Waals surface area contributed by atoms with Gasteiger partial charge in [-0.15, -0.1) is 0 Å². The van der Waals surface area contributed by atoms with Crippen molar-refractivity contribution in [3.8, 4) is 6.07 Å². The van der Waals surface area contributed by atoms with Crippen LogP contribution >= 0.6 is 0 Å². The molecule has 1 amide bonds. The number of para-hydroxylation sites is 1. The molecule has 0 aliphatic rings. The Hall–Kier alpha value is -3.20. The Morgan fingerprint density at radius 3 is 2.91 bits per heavy atom. The van der Waals surface area contributed by atoms with Gasteiger partial charge in [-0.25, -0.2) is 4.98 Å². The second-order valence-corrected chi connectivity index (χ2v) is 4.93. The van der Waals surface area contributed by atoms with Gasteiger partial charge in [0.2, 0.25) is 0 Å². The number of rotatable bonds is 2. The number of aromatic nitrogens is 3. The quantitative estimate of drug-likeness (QED) is 0.785. The number of benzene rings is 1. The van der Waals surface area contributed by atoms with E-state index in [0.29, 0.717) is 27.8 Å². The van der Waals surface area contributed by atoms with Gasteiger partial charge in [0.15, 0.2) is 5.65 Å². The summed E-state index contributed by atoms with van der Waals surface area (Å²) in [6.45, 7) is 1.83. The van der Waals surface area contributed by atoms with Crippen molar-refractivity contribution < 1.29 is 4.79 Å². The van der Waals surface area contributed by atoms with E-state index in [4.69, 9.17) is 5.26 Å². The summed E-state index contributed by atoms with van der Waals surface area (Å²) in [6.07, 6.45) is 1.62. The monoisotopic (exact) mass is 291 g/mol. The number of hydrogen-bond donors (Lipinski definition) is 1. The van der Waals surface area contributed by atoms with Crippen LogP contribution in [-0.4, -0.2) is 20.7 Å². The van der Waals surface area contributed by atoms with Crippen LogP contribution in [0.25, 0.3) is 11.0 Å². The Balaban J connectivity index is 2.05. The average molecular weight is 291 g/mol. The van der Waals surface area contributed by atoms with Crippen molar-refractivity contribution in [1.82, 2.24) is 14.8 Å². The molecule has 0 saturated heterocycles. The number of aryl methyl sites for hydroxylation is 2. The Labute approximate surface area is 127 Å². The van der Waals surface area contributed by atoms with Crippen molar-refractivity contribution in [2.75, 3.05) is 5.32 Å². The van der Waals surface area contributed by atoms with Gasteiger partial charge in [0.05, 0.1) is 28.4 Å². The molecule has 0 radical (unpaired) electrons. The standard InChI is InChI=1S/C16H13N5O/c1-10-7-12(13-9-18-21(2)15(13)19-10)16(22)20-14-6-4-3-5-11(14)8-17/h3-7,9H,1-2H3,(H,20,22). The smallest absolute Gasteiger partial charge is 0.256 e. The minimum Gasteiger partial charge on any atom is -0.321 e. The molecule has 0 spiro atoms. The molecule has 3 rings (SSSR count). The minimum absolute atomic E-state index is 0.286. The maximum atomic E-state index is 12.6. The zero-order valence-electron chi connectivity index (χ0n) is 12.2. The highest BCUT2D eigenvalue weighted by atomic mass is 16.1. The first kappa shape index (κ1) is 13.8. The van der Waals surface area contributed by atoms with Crippen LogP contribution in [0.3, 0.4) is 0 Å². The van der Waals surface area contributed by atoms with Gasteiger partial charge in [0.25, 0.3) is 5.91 Å². The summed E-state index contributed by atoms with van der Waals surface area (Å²) in [5.41, 5.74) is 2.78. The number of nitrogens with one attached hydrogen (secondary N) is 1. The van der Waals surface area contributed by atoms with E-state index in [0.717, 1.165) is 5.69 Å². The van der Waals surface area contributed by atoms with E-state index < -0.39 is 0 Å².